The third-order valence-corrected chi connectivity index (χ3v) is 2.32. The Morgan fingerprint density at radius 2 is 2.11 bits per heavy atom. The van der Waals surface area contributed by atoms with Crippen LogP contribution in [0.15, 0.2) is 48.3 Å². The average Bonchev–Trinajstić information content (AvgIpc) is 2.76. The fourth-order valence-electron chi connectivity index (χ4n) is 1.39. The van der Waals surface area contributed by atoms with Crippen molar-refractivity contribution in [3.05, 3.63) is 64.1 Å². The van der Waals surface area contributed by atoms with Crippen LogP contribution < -0.4 is 0 Å². The van der Waals surface area contributed by atoms with E-state index in [1.54, 1.807) is 10.8 Å². The van der Waals surface area contributed by atoms with E-state index < -0.39 is 4.92 Å². The summed E-state index contributed by atoms with van der Waals surface area (Å²) in [7, 11) is 0. The highest BCUT2D eigenvalue weighted by Crippen LogP contribution is 2.08. The summed E-state index contributed by atoms with van der Waals surface area (Å²) in [5.74, 6) is 0. The maximum Gasteiger partial charge on any atom is 0.268 e. The Labute approximate surface area is 112 Å². The summed E-state index contributed by atoms with van der Waals surface area (Å²) < 4.78 is 1.67. The lowest BCUT2D eigenvalue weighted by atomic mass is 10.3. The number of aromatic nitrogens is 2. The van der Waals surface area contributed by atoms with Crippen LogP contribution in [0, 0.1) is 10.1 Å². The topological polar surface area (TPSA) is 61.0 Å². The molecule has 1 rings (SSSR count). The highest BCUT2D eigenvalue weighted by atomic mass is 16.6. The Morgan fingerprint density at radius 1 is 1.42 bits per heavy atom. The second-order valence-electron chi connectivity index (χ2n) is 4.27. The average molecular weight is 259 g/mol. The smallest absolute Gasteiger partial charge is 0.258 e. The van der Waals surface area contributed by atoms with Crippen LogP contribution in [0.5, 0.6) is 0 Å². The van der Waals surface area contributed by atoms with Gasteiger partial charge in [-0.15, -0.1) is 0 Å². The molecule has 0 aromatic carbocycles. The lowest BCUT2D eigenvalue weighted by molar-refractivity contribution is -0.418. The van der Waals surface area contributed by atoms with E-state index in [-0.39, 0.29) is 5.70 Å². The quantitative estimate of drug-likeness (QED) is 0.462. The minimum absolute atomic E-state index is 0.0453. The minimum atomic E-state index is -0.478. The van der Waals surface area contributed by atoms with Gasteiger partial charge < -0.3 is 0 Å². The van der Waals surface area contributed by atoms with Crippen molar-refractivity contribution >= 4 is 11.8 Å². The van der Waals surface area contributed by atoms with E-state index >= 15 is 0 Å². The molecule has 0 aliphatic carbocycles. The number of rotatable bonds is 5. The molecule has 0 aliphatic rings. The first-order chi connectivity index (χ1) is 8.93. The normalized spacial score (nSPS) is 12.2. The Balaban J connectivity index is 2.97. The molecule has 0 amide bonds. The molecule has 19 heavy (non-hydrogen) atoms. The molecule has 0 bridgehead atoms. The van der Waals surface area contributed by atoms with E-state index in [9.17, 15) is 10.1 Å². The summed E-state index contributed by atoms with van der Waals surface area (Å²) in [6.45, 7) is 9.23. The second kappa shape index (κ2) is 6.49. The van der Waals surface area contributed by atoms with Crippen LogP contribution >= 0.6 is 0 Å². The lowest BCUT2D eigenvalue weighted by Crippen LogP contribution is -1.96. The molecule has 0 aliphatic heterocycles. The second-order valence-corrected chi connectivity index (χ2v) is 4.27. The van der Waals surface area contributed by atoms with Gasteiger partial charge in [0.25, 0.3) is 5.70 Å². The van der Waals surface area contributed by atoms with Gasteiger partial charge >= 0.3 is 0 Å². The molecule has 0 atom stereocenters. The van der Waals surface area contributed by atoms with Crippen molar-refractivity contribution in [1.82, 2.24) is 9.78 Å². The molecule has 1 heterocycles. The molecule has 5 heteroatoms. The molecule has 100 valence electrons. The molecule has 0 fully saturated rings. The van der Waals surface area contributed by atoms with Gasteiger partial charge in [0.15, 0.2) is 0 Å². The van der Waals surface area contributed by atoms with E-state index in [0.29, 0.717) is 0 Å². The van der Waals surface area contributed by atoms with Crippen molar-refractivity contribution in [2.24, 2.45) is 0 Å². The number of hydrogen-bond donors (Lipinski definition) is 0. The molecule has 0 N–H and O–H groups in total. The summed E-state index contributed by atoms with van der Waals surface area (Å²) in [6, 6.07) is 1.88. The molecule has 1 aromatic heterocycles. The first-order valence-electron chi connectivity index (χ1n) is 5.80. The summed E-state index contributed by atoms with van der Waals surface area (Å²) >= 11 is 0. The lowest BCUT2D eigenvalue weighted by Gasteiger charge is -1.98. The zero-order chi connectivity index (χ0) is 14.4. The van der Waals surface area contributed by atoms with Crippen molar-refractivity contribution < 1.29 is 4.92 Å². The van der Waals surface area contributed by atoms with Gasteiger partial charge in [-0.1, -0.05) is 12.2 Å². The van der Waals surface area contributed by atoms with Crippen molar-refractivity contribution in [3.8, 4) is 0 Å². The predicted octanol–water partition coefficient (Wildman–Crippen LogP) is 3.51. The Kier molecular flexibility index (Phi) is 5.00. The van der Waals surface area contributed by atoms with Gasteiger partial charge in [0.2, 0.25) is 0 Å². The molecule has 0 saturated carbocycles. The molecule has 5 nitrogen and oxygen atoms in total. The van der Waals surface area contributed by atoms with Gasteiger partial charge in [0.1, 0.15) is 0 Å². The summed E-state index contributed by atoms with van der Waals surface area (Å²) in [6.07, 6.45) is 8.03. The first kappa shape index (κ1) is 14.6. The van der Waals surface area contributed by atoms with E-state index in [4.69, 9.17) is 0 Å². The Hall–Kier alpha value is -2.43. The standard InChI is InChI=1S/C14H17N3O2/c1-5-14(17(18)19)7-6-12(4)16-9-8-13(15-16)10-11(2)3/h5-10H,1H2,2-4H3/b12-6+,14-7+. The zero-order valence-corrected chi connectivity index (χ0v) is 11.3. The molecule has 1 aromatic rings. The van der Waals surface area contributed by atoms with E-state index in [0.717, 1.165) is 17.0 Å². The molecule has 0 spiro atoms. The number of allylic oxidation sites excluding steroid dienone is 5. The first-order valence-corrected chi connectivity index (χ1v) is 5.80. The Morgan fingerprint density at radius 3 is 2.63 bits per heavy atom. The molecular formula is C14H17N3O2. The molecule has 0 radical (unpaired) electrons. The van der Waals surface area contributed by atoms with Crippen molar-refractivity contribution in [2.75, 3.05) is 0 Å². The van der Waals surface area contributed by atoms with Crippen molar-refractivity contribution in [3.63, 3.8) is 0 Å². The van der Waals surface area contributed by atoms with Gasteiger partial charge in [-0.05, 0) is 39.0 Å². The fourth-order valence-corrected chi connectivity index (χ4v) is 1.39. The van der Waals surface area contributed by atoms with Crippen LogP contribution in [-0.2, 0) is 0 Å². The maximum absolute atomic E-state index is 10.6. The van der Waals surface area contributed by atoms with E-state index in [1.165, 1.54) is 12.2 Å². The molecule has 0 unspecified atom stereocenters. The highest BCUT2D eigenvalue weighted by molar-refractivity contribution is 5.50. The van der Waals surface area contributed by atoms with Crippen molar-refractivity contribution in [2.45, 2.75) is 20.8 Å². The third kappa shape index (κ3) is 4.39. The largest absolute Gasteiger partial charge is 0.268 e. The van der Waals surface area contributed by atoms with E-state index in [2.05, 4.69) is 11.7 Å². The summed E-state index contributed by atoms with van der Waals surface area (Å²) in [5.41, 5.74) is 2.76. The van der Waals surface area contributed by atoms with Gasteiger partial charge in [0.05, 0.1) is 10.6 Å². The van der Waals surface area contributed by atoms with Crippen LogP contribution in [0.1, 0.15) is 26.5 Å². The third-order valence-electron chi connectivity index (χ3n) is 2.32. The monoisotopic (exact) mass is 259 g/mol. The number of nitrogens with zero attached hydrogens (tertiary/aromatic N) is 3. The van der Waals surface area contributed by atoms with Gasteiger partial charge in [-0.2, -0.15) is 5.10 Å². The highest BCUT2D eigenvalue weighted by Gasteiger charge is 2.03. The van der Waals surface area contributed by atoms with Crippen LogP contribution in [0.2, 0.25) is 0 Å². The van der Waals surface area contributed by atoms with Gasteiger partial charge in [-0.25, -0.2) is 4.68 Å². The SMILES string of the molecule is C=C/C(=C\C=C(/C)n1ccc(C=C(C)C)n1)[N+](=O)[O-]. The summed E-state index contributed by atoms with van der Waals surface area (Å²) in [5, 5.41) is 15.0. The number of hydrogen-bond acceptors (Lipinski definition) is 3. The molecular weight excluding hydrogens is 242 g/mol. The zero-order valence-electron chi connectivity index (χ0n) is 11.3. The maximum atomic E-state index is 10.6. The minimum Gasteiger partial charge on any atom is -0.258 e. The van der Waals surface area contributed by atoms with E-state index in [1.807, 2.05) is 39.1 Å². The summed E-state index contributed by atoms with van der Waals surface area (Å²) in [4.78, 5) is 10.1. The van der Waals surface area contributed by atoms with Crippen LogP contribution in [0.4, 0.5) is 0 Å². The Bertz CT molecular complexity index is 573. The van der Waals surface area contributed by atoms with Crippen LogP contribution in [-0.4, -0.2) is 14.7 Å². The number of nitro groups is 1. The predicted molar refractivity (Wildman–Crippen MR) is 76.8 cm³/mol. The van der Waals surface area contributed by atoms with Gasteiger partial charge in [-0.3, -0.25) is 10.1 Å². The van der Waals surface area contributed by atoms with Crippen LogP contribution in [0.25, 0.3) is 11.8 Å². The van der Waals surface area contributed by atoms with Gasteiger partial charge in [0, 0.05) is 24.0 Å². The van der Waals surface area contributed by atoms with Crippen molar-refractivity contribution in [1.29, 1.82) is 0 Å². The molecule has 0 saturated heterocycles. The van der Waals surface area contributed by atoms with Crippen LogP contribution in [0.3, 0.4) is 0 Å². The fraction of sp³-hybridized carbons (Fsp3) is 0.214.